The van der Waals surface area contributed by atoms with Crippen LogP contribution in [0.15, 0.2) is 24.3 Å². The molecule has 12 atom stereocenters. The van der Waals surface area contributed by atoms with E-state index in [1.165, 1.54) is 55.1 Å². The summed E-state index contributed by atoms with van der Waals surface area (Å²) in [5.74, 6) is 9.73. The highest BCUT2D eigenvalue weighted by Gasteiger charge is 2.53. The number of benzene rings is 2. The number of phenols is 2. The van der Waals surface area contributed by atoms with Gasteiger partial charge in [0.1, 0.15) is 6.79 Å². The van der Waals surface area contributed by atoms with Gasteiger partial charge in [0.2, 0.25) is 5.75 Å². The predicted octanol–water partition coefficient (Wildman–Crippen LogP) is 7.98. The van der Waals surface area contributed by atoms with Crippen molar-refractivity contribution in [2.75, 3.05) is 46.5 Å². The number of aliphatic hydroxyl groups excluding tert-OH is 6. The molecule has 2 aliphatic heterocycles. The van der Waals surface area contributed by atoms with Crippen molar-refractivity contribution in [3.63, 3.8) is 0 Å². The number of aryl methyl sites for hydroxylation is 1. The highest BCUT2D eigenvalue weighted by molar-refractivity contribution is 8.76. The molecule has 70 heavy (non-hydrogen) atoms. The van der Waals surface area contributed by atoms with E-state index in [0.717, 1.165) is 81.9 Å². The van der Waals surface area contributed by atoms with Gasteiger partial charge < -0.3 is 65.1 Å². The first kappa shape index (κ1) is 55.1. The summed E-state index contributed by atoms with van der Waals surface area (Å²) in [6.07, 6.45) is 13.0. The molecule has 0 radical (unpaired) electrons. The van der Waals surface area contributed by atoms with Crippen LogP contribution in [0.4, 0.5) is 0 Å². The molecule has 3 saturated carbocycles. The van der Waals surface area contributed by atoms with Crippen LogP contribution in [0, 0.1) is 46.8 Å². The third kappa shape index (κ3) is 13.6. The first-order chi connectivity index (χ1) is 33.8. The lowest BCUT2D eigenvalue weighted by Gasteiger charge is -2.53. The summed E-state index contributed by atoms with van der Waals surface area (Å²) in [7, 11) is 5.86. The molecule has 2 heterocycles. The number of nitrogens with one attached hydrogen (secondary N) is 1. The fraction of sp³-hybridized carbons (Fsp3) is 0.745. The minimum absolute atomic E-state index is 0.0261. The molecule has 2 aromatic carbocycles. The molecule has 9 N–H and O–H groups in total. The van der Waals surface area contributed by atoms with E-state index in [1.54, 1.807) is 18.2 Å². The Labute approximate surface area is 424 Å². The molecule has 392 valence electrons. The number of rotatable bonds is 15. The topological polar surface area (TPSA) is 211 Å². The molecule has 2 aromatic rings. The Bertz CT molecular complexity index is 2000. The van der Waals surface area contributed by atoms with Gasteiger partial charge in [-0.1, -0.05) is 60.1 Å². The molecule has 7 rings (SSSR count). The summed E-state index contributed by atoms with van der Waals surface area (Å²) in [6, 6.07) is 7.07. The number of hydrogen-bond acceptors (Lipinski definition) is 15. The van der Waals surface area contributed by atoms with Gasteiger partial charge in [0, 0.05) is 47.5 Å². The average molecular weight is 1010 g/mol. The van der Waals surface area contributed by atoms with Crippen LogP contribution in [-0.2, 0) is 17.6 Å². The van der Waals surface area contributed by atoms with Crippen LogP contribution >= 0.6 is 21.6 Å². The van der Waals surface area contributed by atoms with Gasteiger partial charge in [0.25, 0.3) is 0 Å². The van der Waals surface area contributed by atoms with Gasteiger partial charge in [0.15, 0.2) is 23.0 Å². The number of aliphatic hydroxyl groups is 6. The zero-order valence-electron chi connectivity index (χ0n) is 41.9. The van der Waals surface area contributed by atoms with Crippen LogP contribution in [-0.4, -0.2) is 123 Å². The lowest BCUT2D eigenvalue weighted by atomic mass is 9.51. The van der Waals surface area contributed by atoms with Crippen molar-refractivity contribution in [2.45, 2.75) is 177 Å². The van der Waals surface area contributed by atoms with Crippen LogP contribution < -0.4 is 19.5 Å². The van der Waals surface area contributed by atoms with E-state index < -0.39 is 37.1 Å². The van der Waals surface area contributed by atoms with E-state index in [9.17, 15) is 40.9 Å². The summed E-state index contributed by atoms with van der Waals surface area (Å²) in [4.78, 5) is 0. The lowest BCUT2D eigenvalue weighted by molar-refractivity contribution is -0.0808. The quantitative estimate of drug-likeness (QED) is 0.0471. The molecule has 0 bridgehead atoms. The fourth-order valence-electron chi connectivity index (χ4n) is 13.0. The predicted molar refractivity (Wildman–Crippen MR) is 275 cm³/mol. The second kappa shape index (κ2) is 26.0. The molecule has 0 amide bonds. The Hall–Kier alpha value is -2.62. The molecule has 0 unspecified atom stereocenters. The number of hydrogen-bond donors (Lipinski definition) is 9. The van der Waals surface area contributed by atoms with E-state index in [0.29, 0.717) is 61.2 Å². The third-order valence-electron chi connectivity index (χ3n) is 16.9. The Kier molecular flexibility index (Phi) is 20.5. The minimum Gasteiger partial charge on any atom is -0.504 e. The van der Waals surface area contributed by atoms with Crippen LogP contribution in [0.2, 0.25) is 0 Å². The van der Waals surface area contributed by atoms with E-state index >= 15 is 0 Å². The Balaban J connectivity index is 1.17. The van der Waals surface area contributed by atoms with E-state index in [2.05, 4.69) is 24.1 Å². The van der Waals surface area contributed by atoms with Crippen molar-refractivity contribution in [2.24, 2.45) is 35.0 Å². The molecule has 0 saturated heterocycles. The van der Waals surface area contributed by atoms with Crippen molar-refractivity contribution in [3.8, 4) is 40.6 Å². The van der Waals surface area contributed by atoms with Crippen molar-refractivity contribution in [1.29, 1.82) is 0 Å². The highest BCUT2D eigenvalue weighted by Crippen LogP contribution is 2.57. The van der Waals surface area contributed by atoms with Gasteiger partial charge in [0.05, 0.1) is 44.7 Å². The first-order valence-electron chi connectivity index (χ1n) is 26.3. The lowest BCUT2D eigenvalue weighted by Crippen LogP contribution is -2.53. The number of aromatic hydroxyl groups is 2. The molecule has 2 spiro atoms. The molecular weight excluding hydrogens is 931 g/mol. The van der Waals surface area contributed by atoms with Gasteiger partial charge in [-0.3, -0.25) is 0 Å². The normalized spacial score (nSPS) is 32.2. The number of methoxy groups -OCH3 is 2. The number of phenolic OH excluding ortho intramolecular Hbond substituents is 2. The van der Waals surface area contributed by atoms with E-state index in [1.807, 2.05) is 6.07 Å². The van der Waals surface area contributed by atoms with Gasteiger partial charge in [-0.05, 0) is 167 Å². The summed E-state index contributed by atoms with van der Waals surface area (Å²) in [5, 5.41) is 91.0. The van der Waals surface area contributed by atoms with Crippen LogP contribution in [0.1, 0.15) is 144 Å². The fourth-order valence-corrected chi connectivity index (χ4v) is 15.9. The smallest absolute Gasteiger partial charge is 0.200 e. The maximum Gasteiger partial charge on any atom is 0.200 e. The van der Waals surface area contributed by atoms with E-state index in [-0.39, 0.29) is 83.0 Å². The SMILES string of the molecule is COc1cc(C[C@H]2[C@H](O)C[C@@H](OCO)CCc3cc(O[C@H]4CC[C@@H]5CNC6(CC#C[C@@]7(C[C@H](C)CC[C@@H]7CC[C@H](O)CCO)[C@H]5C4)CCCCC6)c(O)cc3[C@H](CCO)SSC[C@@H]2O)cc(OC)c1O. The maximum atomic E-state index is 11.9. The standard InChI is InChI=1S/C55H83NO12S2/c1-35-8-11-39(12-13-40(60)16-22-57)55(31-35)21-7-20-54(18-5-4-6-19-54)56-32-38-10-15-42(28-45(38)55)68-49-27-37-9-14-41(67-34-59)29-46(61)44(24-36-25-50(65-2)53(64)51(26-36)66-3)48(63)33-69-70-52(17-23-58)43(37)30-47(49)62/h25-27,30,35,38-42,44-46,48,52,56-64H,4-6,8-20,22-24,28-29,31-34H2,1-3H3/t35-,38-,39-,40+,41+,42+,44+,45+,46-,48+,52+,55+/m1/s1. The second-order valence-electron chi connectivity index (χ2n) is 21.4. The molecule has 3 aliphatic carbocycles. The van der Waals surface area contributed by atoms with Gasteiger partial charge in [-0.25, -0.2) is 0 Å². The van der Waals surface area contributed by atoms with Crippen molar-refractivity contribution >= 4 is 21.6 Å². The number of fused-ring (bicyclic) bond motifs is 3. The summed E-state index contributed by atoms with van der Waals surface area (Å²) < 4.78 is 23.7. The highest BCUT2D eigenvalue weighted by atomic mass is 33.1. The summed E-state index contributed by atoms with van der Waals surface area (Å²) in [6.45, 7) is 2.64. The molecular formula is C55H83NO12S2. The molecule has 3 fully saturated rings. The largest absolute Gasteiger partial charge is 0.504 e. The monoisotopic (exact) mass is 1010 g/mol. The van der Waals surface area contributed by atoms with E-state index in [4.69, 9.17) is 18.9 Å². The zero-order valence-corrected chi connectivity index (χ0v) is 43.5. The molecule has 5 aliphatic rings. The second-order valence-corrected chi connectivity index (χ2v) is 24.0. The van der Waals surface area contributed by atoms with Gasteiger partial charge in [-0.2, -0.15) is 0 Å². The van der Waals surface area contributed by atoms with Crippen LogP contribution in [0.5, 0.6) is 28.7 Å². The number of ether oxygens (including phenoxy) is 4. The molecule has 0 aromatic heterocycles. The Morgan fingerprint density at radius 2 is 1.61 bits per heavy atom. The van der Waals surface area contributed by atoms with Crippen molar-refractivity contribution in [1.82, 2.24) is 5.32 Å². The first-order valence-corrected chi connectivity index (χ1v) is 28.7. The molecule has 15 heteroatoms. The zero-order chi connectivity index (χ0) is 49.8. The molecule has 13 nitrogen and oxygen atoms in total. The van der Waals surface area contributed by atoms with Crippen molar-refractivity contribution in [3.05, 3.63) is 41.0 Å². The Morgan fingerprint density at radius 3 is 2.33 bits per heavy atom. The van der Waals surface area contributed by atoms with Gasteiger partial charge in [-0.15, -0.1) is 5.92 Å². The van der Waals surface area contributed by atoms with Crippen LogP contribution in [0.25, 0.3) is 0 Å². The minimum atomic E-state index is -1.03. The maximum absolute atomic E-state index is 11.9. The average Bonchev–Trinajstić information content (AvgIpc) is 3.40. The van der Waals surface area contributed by atoms with Crippen molar-refractivity contribution < 1.29 is 59.8 Å². The third-order valence-corrected chi connectivity index (χ3v) is 19.7. The van der Waals surface area contributed by atoms with Gasteiger partial charge >= 0.3 is 0 Å². The summed E-state index contributed by atoms with van der Waals surface area (Å²) in [5.41, 5.74) is 2.27. The summed E-state index contributed by atoms with van der Waals surface area (Å²) >= 11 is 0. The van der Waals surface area contributed by atoms with Crippen LogP contribution in [0.3, 0.4) is 0 Å². The Morgan fingerprint density at radius 1 is 0.843 bits per heavy atom.